The van der Waals surface area contributed by atoms with Crippen molar-refractivity contribution in [2.24, 2.45) is 0 Å². The maximum atomic E-state index is 6.09. The van der Waals surface area contributed by atoms with Crippen LogP contribution in [0.5, 0.6) is 0 Å². The SMILES string of the molecule is CC(C)NCc1cnn(C2CCOC3(CCSC3)C2)c1. The summed E-state index contributed by atoms with van der Waals surface area (Å²) in [7, 11) is 0. The molecule has 1 aromatic rings. The number of hydrogen-bond donors (Lipinski definition) is 1. The maximum Gasteiger partial charge on any atom is 0.0800 e. The molecule has 0 radical (unpaired) electrons. The lowest BCUT2D eigenvalue weighted by atomic mass is 9.90. The third-order valence-electron chi connectivity index (χ3n) is 4.28. The van der Waals surface area contributed by atoms with Crippen molar-refractivity contribution in [1.82, 2.24) is 15.1 Å². The number of nitrogens with one attached hydrogen (secondary N) is 1. The van der Waals surface area contributed by atoms with E-state index in [-0.39, 0.29) is 5.60 Å². The van der Waals surface area contributed by atoms with Gasteiger partial charge in [0.1, 0.15) is 0 Å². The number of nitrogens with zero attached hydrogens (tertiary/aromatic N) is 2. The van der Waals surface area contributed by atoms with Crippen LogP contribution in [0.1, 0.15) is 44.7 Å². The zero-order chi connectivity index (χ0) is 14.0. The third kappa shape index (κ3) is 3.21. The van der Waals surface area contributed by atoms with Crippen LogP contribution in [0.15, 0.2) is 12.4 Å². The first kappa shape index (κ1) is 14.4. The molecule has 3 heterocycles. The van der Waals surface area contributed by atoms with Gasteiger partial charge in [0.25, 0.3) is 0 Å². The molecule has 20 heavy (non-hydrogen) atoms. The molecule has 5 heteroatoms. The molecule has 112 valence electrons. The summed E-state index contributed by atoms with van der Waals surface area (Å²) in [6, 6.07) is 1.02. The Labute approximate surface area is 125 Å². The first-order valence-corrected chi connectivity index (χ1v) is 8.80. The van der Waals surface area contributed by atoms with Gasteiger partial charge in [0, 0.05) is 36.7 Å². The summed E-state index contributed by atoms with van der Waals surface area (Å²) in [5.41, 5.74) is 1.41. The highest BCUT2D eigenvalue weighted by Gasteiger charge is 2.41. The summed E-state index contributed by atoms with van der Waals surface area (Å²) in [5, 5.41) is 8.03. The Balaban J connectivity index is 1.63. The molecule has 2 aliphatic rings. The van der Waals surface area contributed by atoms with E-state index in [2.05, 4.69) is 35.1 Å². The van der Waals surface area contributed by atoms with Crippen molar-refractivity contribution >= 4 is 11.8 Å². The second-order valence-electron chi connectivity index (χ2n) is 6.34. The van der Waals surface area contributed by atoms with Crippen LogP contribution < -0.4 is 5.32 Å². The van der Waals surface area contributed by atoms with Crippen molar-refractivity contribution in [3.8, 4) is 0 Å². The molecule has 2 aliphatic heterocycles. The molecule has 0 aliphatic carbocycles. The van der Waals surface area contributed by atoms with Crippen molar-refractivity contribution in [2.75, 3.05) is 18.1 Å². The van der Waals surface area contributed by atoms with Gasteiger partial charge in [0.15, 0.2) is 0 Å². The van der Waals surface area contributed by atoms with E-state index < -0.39 is 0 Å². The van der Waals surface area contributed by atoms with Crippen LogP contribution in [-0.2, 0) is 11.3 Å². The second-order valence-corrected chi connectivity index (χ2v) is 7.45. The zero-order valence-corrected chi connectivity index (χ0v) is 13.3. The molecule has 1 N–H and O–H groups in total. The molecule has 1 aromatic heterocycles. The number of hydrogen-bond acceptors (Lipinski definition) is 4. The minimum absolute atomic E-state index is 0.135. The van der Waals surface area contributed by atoms with E-state index in [9.17, 15) is 0 Å². The lowest BCUT2D eigenvalue weighted by Crippen LogP contribution is -2.40. The summed E-state index contributed by atoms with van der Waals surface area (Å²) in [6.45, 7) is 6.13. The molecule has 0 bridgehead atoms. The van der Waals surface area contributed by atoms with Gasteiger partial charge in [-0.25, -0.2) is 0 Å². The minimum Gasteiger partial charge on any atom is -0.374 e. The van der Waals surface area contributed by atoms with Gasteiger partial charge in [-0.05, 0) is 25.0 Å². The van der Waals surface area contributed by atoms with Gasteiger partial charge < -0.3 is 10.1 Å². The molecular weight excluding hydrogens is 270 g/mol. The lowest BCUT2D eigenvalue weighted by molar-refractivity contribution is -0.0778. The maximum absolute atomic E-state index is 6.09. The predicted molar refractivity (Wildman–Crippen MR) is 83.1 cm³/mol. The molecule has 4 nitrogen and oxygen atoms in total. The van der Waals surface area contributed by atoms with Crippen molar-refractivity contribution < 1.29 is 4.74 Å². The predicted octanol–water partition coefficient (Wildman–Crippen LogP) is 2.61. The minimum atomic E-state index is 0.135. The fourth-order valence-corrected chi connectivity index (χ4v) is 4.46. The molecule has 1 spiro atoms. The van der Waals surface area contributed by atoms with Crippen molar-refractivity contribution in [2.45, 2.75) is 57.3 Å². The smallest absolute Gasteiger partial charge is 0.0800 e. The Kier molecular flexibility index (Phi) is 4.38. The molecule has 2 unspecified atom stereocenters. The molecule has 0 aromatic carbocycles. The summed E-state index contributed by atoms with van der Waals surface area (Å²) in [5.74, 6) is 2.40. The van der Waals surface area contributed by atoms with Gasteiger partial charge in [-0.1, -0.05) is 13.8 Å². The average Bonchev–Trinajstić information content (AvgIpc) is 3.06. The average molecular weight is 295 g/mol. The highest BCUT2D eigenvalue weighted by atomic mass is 32.2. The Hall–Kier alpha value is -0.520. The molecule has 2 atom stereocenters. The highest BCUT2D eigenvalue weighted by molar-refractivity contribution is 7.99. The number of rotatable bonds is 4. The largest absolute Gasteiger partial charge is 0.374 e. The fraction of sp³-hybridized carbons (Fsp3) is 0.800. The van der Waals surface area contributed by atoms with Gasteiger partial charge in [0.2, 0.25) is 0 Å². The van der Waals surface area contributed by atoms with Crippen molar-refractivity contribution in [3.63, 3.8) is 0 Å². The number of thioether (sulfide) groups is 1. The second kappa shape index (κ2) is 6.08. The summed E-state index contributed by atoms with van der Waals surface area (Å²) < 4.78 is 8.26. The van der Waals surface area contributed by atoms with E-state index in [0.717, 1.165) is 31.7 Å². The summed E-state index contributed by atoms with van der Waals surface area (Å²) >= 11 is 2.03. The van der Waals surface area contributed by atoms with E-state index in [4.69, 9.17) is 4.74 Å². The van der Waals surface area contributed by atoms with Gasteiger partial charge in [-0.2, -0.15) is 16.9 Å². The highest BCUT2D eigenvalue weighted by Crippen LogP contribution is 2.41. The fourth-order valence-electron chi connectivity index (χ4n) is 3.08. The van der Waals surface area contributed by atoms with Crippen molar-refractivity contribution in [3.05, 3.63) is 18.0 Å². The lowest BCUT2D eigenvalue weighted by Gasteiger charge is -2.37. The van der Waals surface area contributed by atoms with E-state index in [1.807, 2.05) is 18.0 Å². The Morgan fingerprint density at radius 2 is 2.50 bits per heavy atom. The summed E-state index contributed by atoms with van der Waals surface area (Å²) in [6.07, 6.45) is 7.63. The van der Waals surface area contributed by atoms with Crippen LogP contribution in [0, 0.1) is 0 Å². The van der Waals surface area contributed by atoms with E-state index in [1.165, 1.54) is 17.7 Å². The Bertz CT molecular complexity index is 440. The topological polar surface area (TPSA) is 39.1 Å². The molecule has 2 fully saturated rings. The first-order chi connectivity index (χ1) is 9.67. The number of ether oxygens (including phenoxy) is 1. The first-order valence-electron chi connectivity index (χ1n) is 7.65. The van der Waals surface area contributed by atoms with Gasteiger partial charge in [-0.3, -0.25) is 4.68 Å². The Morgan fingerprint density at radius 3 is 3.25 bits per heavy atom. The Morgan fingerprint density at radius 1 is 1.60 bits per heavy atom. The monoisotopic (exact) mass is 295 g/mol. The molecule has 3 rings (SSSR count). The molecule has 0 saturated carbocycles. The quantitative estimate of drug-likeness (QED) is 0.927. The van der Waals surface area contributed by atoms with Gasteiger partial charge >= 0.3 is 0 Å². The van der Waals surface area contributed by atoms with Crippen LogP contribution in [0.4, 0.5) is 0 Å². The molecule has 2 saturated heterocycles. The van der Waals surface area contributed by atoms with E-state index in [1.54, 1.807) is 0 Å². The van der Waals surface area contributed by atoms with Crippen LogP contribution in [-0.4, -0.2) is 39.5 Å². The zero-order valence-electron chi connectivity index (χ0n) is 12.5. The number of aromatic nitrogens is 2. The summed E-state index contributed by atoms with van der Waals surface area (Å²) in [4.78, 5) is 0. The molecule has 0 amide bonds. The van der Waals surface area contributed by atoms with Crippen LogP contribution in [0.25, 0.3) is 0 Å². The standard InChI is InChI=1S/C15H25N3OS/c1-12(2)16-8-13-9-17-18(10-13)14-3-5-19-15(7-14)4-6-20-11-15/h9-10,12,14,16H,3-8,11H2,1-2H3. The van der Waals surface area contributed by atoms with Gasteiger partial charge in [0.05, 0.1) is 17.8 Å². The van der Waals surface area contributed by atoms with E-state index in [0.29, 0.717) is 12.1 Å². The van der Waals surface area contributed by atoms with Crippen molar-refractivity contribution in [1.29, 1.82) is 0 Å². The van der Waals surface area contributed by atoms with Crippen LogP contribution in [0.3, 0.4) is 0 Å². The van der Waals surface area contributed by atoms with Crippen LogP contribution >= 0.6 is 11.8 Å². The third-order valence-corrected chi connectivity index (χ3v) is 5.50. The van der Waals surface area contributed by atoms with Gasteiger partial charge in [-0.15, -0.1) is 0 Å². The normalized spacial score (nSPS) is 30.4. The van der Waals surface area contributed by atoms with Crippen LogP contribution in [0.2, 0.25) is 0 Å². The molecular formula is C15H25N3OS. The van der Waals surface area contributed by atoms with E-state index >= 15 is 0 Å².